The van der Waals surface area contributed by atoms with Crippen LogP contribution in [0.2, 0.25) is 0 Å². The molecule has 0 aliphatic rings. The maximum Gasteiger partial charge on any atom is 0.325 e. The van der Waals surface area contributed by atoms with Crippen LogP contribution < -0.4 is 10.6 Å². The summed E-state index contributed by atoms with van der Waals surface area (Å²) in [6.45, 7) is 1.96. The number of nitrogens with one attached hydrogen (secondary N) is 2. The standard InChI is InChI=1S/C18H18N4O2S/c1-11-5-4-6-13(9-11)19-17(24)21-18-20-14-8-7-12(10-15(14)25-18)16(23)22(2)3/h4-10H,1-3H3,(H2,19,20,21,24). The number of nitrogens with zero attached hydrogens (tertiary/aromatic N) is 2. The SMILES string of the molecule is Cc1cccc(NC(=O)Nc2nc3ccc(C(=O)N(C)C)cc3s2)c1. The summed E-state index contributed by atoms with van der Waals surface area (Å²) in [6.07, 6.45) is 0. The van der Waals surface area contributed by atoms with Gasteiger partial charge in [0.1, 0.15) is 0 Å². The van der Waals surface area contributed by atoms with Crippen LogP contribution in [-0.2, 0) is 0 Å². The molecule has 2 aromatic carbocycles. The Bertz CT molecular complexity index is 949. The smallest absolute Gasteiger partial charge is 0.325 e. The molecule has 6 nitrogen and oxygen atoms in total. The number of urea groups is 1. The van der Waals surface area contributed by atoms with Gasteiger partial charge in [-0.3, -0.25) is 10.1 Å². The molecule has 0 atom stereocenters. The lowest BCUT2D eigenvalue weighted by Gasteiger charge is -2.09. The molecule has 25 heavy (non-hydrogen) atoms. The van der Waals surface area contributed by atoms with Gasteiger partial charge in [-0.25, -0.2) is 9.78 Å². The molecule has 3 amide bonds. The minimum absolute atomic E-state index is 0.0676. The van der Waals surface area contributed by atoms with E-state index in [9.17, 15) is 9.59 Å². The van der Waals surface area contributed by atoms with Crippen molar-refractivity contribution < 1.29 is 9.59 Å². The first-order chi connectivity index (χ1) is 11.9. The third-order valence-corrected chi connectivity index (χ3v) is 4.47. The molecule has 7 heteroatoms. The number of amides is 3. The summed E-state index contributed by atoms with van der Waals surface area (Å²) in [7, 11) is 3.42. The van der Waals surface area contributed by atoms with Crippen molar-refractivity contribution in [3.05, 3.63) is 53.6 Å². The Balaban J connectivity index is 1.75. The first-order valence-electron chi connectivity index (χ1n) is 7.69. The summed E-state index contributed by atoms with van der Waals surface area (Å²) >= 11 is 1.33. The van der Waals surface area contributed by atoms with Crippen molar-refractivity contribution in [2.75, 3.05) is 24.7 Å². The highest BCUT2D eigenvalue weighted by Gasteiger charge is 2.12. The van der Waals surface area contributed by atoms with E-state index < -0.39 is 0 Å². The van der Waals surface area contributed by atoms with Crippen LogP contribution in [0.25, 0.3) is 10.2 Å². The minimum Gasteiger partial charge on any atom is -0.345 e. The van der Waals surface area contributed by atoms with Crippen LogP contribution >= 0.6 is 11.3 Å². The number of thiazole rings is 1. The third kappa shape index (κ3) is 3.95. The molecule has 0 unspecified atom stereocenters. The van der Waals surface area contributed by atoms with Gasteiger partial charge in [0, 0.05) is 25.3 Å². The molecule has 0 saturated heterocycles. The molecular weight excluding hydrogens is 336 g/mol. The largest absolute Gasteiger partial charge is 0.345 e. The molecule has 0 radical (unpaired) electrons. The monoisotopic (exact) mass is 354 g/mol. The van der Waals surface area contributed by atoms with Crippen LogP contribution in [0.15, 0.2) is 42.5 Å². The lowest BCUT2D eigenvalue weighted by atomic mass is 10.2. The lowest BCUT2D eigenvalue weighted by Crippen LogP contribution is -2.21. The number of anilines is 2. The third-order valence-electron chi connectivity index (χ3n) is 3.54. The number of carbonyl (C=O) groups excluding carboxylic acids is 2. The van der Waals surface area contributed by atoms with Gasteiger partial charge >= 0.3 is 6.03 Å². The van der Waals surface area contributed by atoms with E-state index in [1.54, 1.807) is 32.3 Å². The maximum absolute atomic E-state index is 12.1. The van der Waals surface area contributed by atoms with Crippen molar-refractivity contribution in [3.63, 3.8) is 0 Å². The van der Waals surface area contributed by atoms with Crippen LogP contribution in [0, 0.1) is 6.92 Å². The summed E-state index contributed by atoms with van der Waals surface area (Å²) < 4.78 is 0.846. The van der Waals surface area contributed by atoms with Gasteiger partial charge in [-0.05, 0) is 42.8 Å². The molecule has 0 spiro atoms. The van der Waals surface area contributed by atoms with E-state index in [-0.39, 0.29) is 11.9 Å². The van der Waals surface area contributed by atoms with Crippen LogP contribution in [0.1, 0.15) is 15.9 Å². The quantitative estimate of drug-likeness (QED) is 0.748. The predicted octanol–water partition coefficient (Wildman–Crippen LogP) is 3.95. The molecule has 0 fully saturated rings. The van der Waals surface area contributed by atoms with Crippen LogP contribution in [-0.4, -0.2) is 35.9 Å². The van der Waals surface area contributed by atoms with E-state index in [4.69, 9.17) is 0 Å². The van der Waals surface area contributed by atoms with Crippen LogP contribution in [0.3, 0.4) is 0 Å². The van der Waals surface area contributed by atoms with Gasteiger partial charge in [0.2, 0.25) is 0 Å². The second-order valence-corrected chi connectivity index (χ2v) is 6.88. The first-order valence-corrected chi connectivity index (χ1v) is 8.51. The maximum atomic E-state index is 12.1. The molecule has 1 heterocycles. The van der Waals surface area contributed by atoms with Gasteiger partial charge < -0.3 is 10.2 Å². The topological polar surface area (TPSA) is 74.3 Å². The Kier molecular flexibility index (Phi) is 4.67. The van der Waals surface area contributed by atoms with E-state index >= 15 is 0 Å². The molecule has 3 rings (SSSR count). The molecule has 128 valence electrons. The first kappa shape index (κ1) is 16.9. The number of aryl methyl sites for hydroxylation is 1. The Hall–Kier alpha value is -2.93. The van der Waals surface area contributed by atoms with Gasteiger partial charge in [0.15, 0.2) is 5.13 Å². The molecule has 0 saturated carbocycles. The number of hydrogen-bond donors (Lipinski definition) is 2. The van der Waals surface area contributed by atoms with Gasteiger partial charge in [-0.2, -0.15) is 0 Å². The Morgan fingerprint density at radius 1 is 1.08 bits per heavy atom. The Labute approximate surface area is 149 Å². The normalized spacial score (nSPS) is 10.5. The molecule has 0 aliphatic heterocycles. The number of hydrogen-bond acceptors (Lipinski definition) is 4. The van der Waals surface area contributed by atoms with E-state index in [0.717, 1.165) is 21.5 Å². The van der Waals surface area contributed by atoms with Crippen molar-refractivity contribution in [1.82, 2.24) is 9.88 Å². The highest BCUT2D eigenvalue weighted by molar-refractivity contribution is 7.22. The zero-order chi connectivity index (χ0) is 18.0. The average Bonchev–Trinajstić information content (AvgIpc) is 2.94. The fourth-order valence-electron chi connectivity index (χ4n) is 2.35. The second kappa shape index (κ2) is 6.90. The van der Waals surface area contributed by atoms with Gasteiger partial charge in [-0.15, -0.1) is 0 Å². The fourth-order valence-corrected chi connectivity index (χ4v) is 3.25. The summed E-state index contributed by atoms with van der Waals surface area (Å²) in [4.78, 5) is 30.1. The predicted molar refractivity (Wildman–Crippen MR) is 101 cm³/mol. The Morgan fingerprint density at radius 3 is 2.60 bits per heavy atom. The number of aromatic nitrogens is 1. The minimum atomic E-state index is -0.353. The average molecular weight is 354 g/mol. The number of rotatable bonds is 3. The highest BCUT2D eigenvalue weighted by Crippen LogP contribution is 2.27. The molecule has 2 N–H and O–H groups in total. The molecule has 3 aromatic rings. The fraction of sp³-hybridized carbons (Fsp3) is 0.167. The number of fused-ring (bicyclic) bond motifs is 1. The summed E-state index contributed by atoms with van der Waals surface area (Å²) in [5.74, 6) is -0.0676. The second-order valence-electron chi connectivity index (χ2n) is 5.85. The van der Waals surface area contributed by atoms with Crippen molar-refractivity contribution in [2.24, 2.45) is 0 Å². The van der Waals surface area contributed by atoms with Gasteiger partial charge in [-0.1, -0.05) is 23.5 Å². The van der Waals surface area contributed by atoms with Crippen LogP contribution in [0.4, 0.5) is 15.6 Å². The number of benzene rings is 2. The van der Waals surface area contributed by atoms with Crippen molar-refractivity contribution in [1.29, 1.82) is 0 Å². The zero-order valence-electron chi connectivity index (χ0n) is 14.2. The van der Waals surface area contributed by atoms with Gasteiger partial charge in [0.05, 0.1) is 10.2 Å². The zero-order valence-corrected chi connectivity index (χ0v) is 15.0. The summed E-state index contributed by atoms with van der Waals surface area (Å²) in [5.41, 5.74) is 3.12. The number of carbonyl (C=O) groups is 2. The van der Waals surface area contributed by atoms with Crippen molar-refractivity contribution in [3.8, 4) is 0 Å². The lowest BCUT2D eigenvalue weighted by molar-refractivity contribution is 0.0828. The molecule has 1 aromatic heterocycles. The van der Waals surface area contributed by atoms with Crippen LogP contribution in [0.5, 0.6) is 0 Å². The molecule has 0 aliphatic carbocycles. The molecule has 0 bridgehead atoms. The van der Waals surface area contributed by atoms with E-state index in [1.807, 2.05) is 31.2 Å². The Morgan fingerprint density at radius 2 is 1.88 bits per heavy atom. The molecular formula is C18H18N4O2S. The summed E-state index contributed by atoms with van der Waals surface area (Å²) in [6, 6.07) is 12.5. The van der Waals surface area contributed by atoms with E-state index in [0.29, 0.717) is 10.7 Å². The highest BCUT2D eigenvalue weighted by atomic mass is 32.1. The van der Waals surface area contributed by atoms with E-state index in [2.05, 4.69) is 15.6 Å². The van der Waals surface area contributed by atoms with Crippen molar-refractivity contribution >= 4 is 44.3 Å². The summed E-state index contributed by atoms with van der Waals surface area (Å²) in [5, 5.41) is 5.99. The van der Waals surface area contributed by atoms with Crippen molar-refractivity contribution in [2.45, 2.75) is 6.92 Å². The van der Waals surface area contributed by atoms with Gasteiger partial charge in [0.25, 0.3) is 5.91 Å². The van der Waals surface area contributed by atoms with E-state index in [1.165, 1.54) is 16.2 Å².